The molecular weight excluding hydrogens is 414 g/mol. The minimum atomic E-state index is -3.72. The summed E-state index contributed by atoms with van der Waals surface area (Å²) in [6, 6.07) is 15.0. The van der Waals surface area contributed by atoms with E-state index in [-0.39, 0.29) is 23.0 Å². The van der Waals surface area contributed by atoms with Gasteiger partial charge in [-0.2, -0.15) is 0 Å². The summed E-state index contributed by atoms with van der Waals surface area (Å²) in [5, 5.41) is 0. The van der Waals surface area contributed by atoms with Crippen molar-refractivity contribution < 1.29 is 18.0 Å². The summed E-state index contributed by atoms with van der Waals surface area (Å²) in [7, 11) is -3.72. The Bertz CT molecular complexity index is 1250. The largest absolute Gasteiger partial charge is 0.280 e. The van der Waals surface area contributed by atoms with Crippen molar-refractivity contribution in [3.8, 4) is 0 Å². The van der Waals surface area contributed by atoms with Gasteiger partial charge in [-0.3, -0.25) is 24.2 Å². The van der Waals surface area contributed by atoms with Crippen LogP contribution in [-0.4, -0.2) is 36.7 Å². The van der Waals surface area contributed by atoms with Crippen LogP contribution in [0.15, 0.2) is 65.7 Å². The molecule has 2 aromatic carbocycles. The number of sulfonamides is 1. The molecule has 2 heterocycles. The molecule has 0 radical (unpaired) electrons. The second-order valence-corrected chi connectivity index (χ2v) is 9.14. The lowest BCUT2D eigenvalue weighted by atomic mass is 10.1. The summed E-state index contributed by atoms with van der Waals surface area (Å²) in [5.41, 5.74) is 3.89. The van der Waals surface area contributed by atoms with Gasteiger partial charge in [0.25, 0.3) is 21.8 Å². The van der Waals surface area contributed by atoms with E-state index in [1.54, 1.807) is 36.4 Å². The van der Waals surface area contributed by atoms with Gasteiger partial charge in [0.15, 0.2) is 0 Å². The van der Waals surface area contributed by atoms with Gasteiger partial charge in [0.2, 0.25) is 0 Å². The molecule has 3 aromatic rings. The van der Waals surface area contributed by atoms with Gasteiger partial charge in [0, 0.05) is 18.4 Å². The average Bonchev–Trinajstić information content (AvgIpc) is 2.99. The maximum atomic E-state index is 12.7. The Balaban J connectivity index is 1.43. The fraction of sp³-hybridized carbons (Fsp3) is 0.174. The predicted octanol–water partition coefficient (Wildman–Crippen LogP) is 3.34. The number of fused-ring (bicyclic) bond motifs is 1. The zero-order valence-electron chi connectivity index (χ0n) is 17.1. The van der Waals surface area contributed by atoms with E-state index in [0.29, 0.717) is 17.7 Å². The summed E-state index contributed by atoms with van der Waals surface area (Å²) >= 11 is 0. The van der Waals surface area contributed by atoms with Crippen molar-refractivity contribution in [2.75, 3.05) is 11.3 Å². The number of amides is 2. The molecule has 0 atom stereocenters. The zero-order valence-corrected chi connectivity index (χ0v) is 17.9. The number of rotatable bonds is 6. The first-order chi connectivity index (χ1) is 14.8. The number of pyridine rings is 1. The molecule has 0 fully saturated rings. The number of imide groups is 1. The Morgan fingerprint density at radius 1 is 0.935 bits per heavy atom. The molecule has 0 unspecified atom stereocenters. The van der Waals surface area contributed by atoms with E-state index >= 15 is 0 Å². The molecule has 0 bridgehead atoms. The van der Waals surface area contributed by atoms with Crippen LogP contribution >= 0.6 is 0 Å². The van der Waals surface area contributed by atoms with Crippen molar-refractivity contribution in [1.29, 1.82) is 0 Å². The summed E-state index contributed by atoms with van der Waals surface area (Å²) in [6.45, 7) is 4.08. The highest BCUT2D eigenvalue weighted by atomic mass is 32.2. The fourth-order valence-corrected chi connectivity index (χ4v) is 4.46. The standard InChI is InChI=1S/C23H21N3O4S/c1-15-5-8-18(14-16(15)2)25-31(29,30)19-9-6-17(7-10-19)11-13-26-22(27)20-4-3-12-24-21(20)23(26)28/h3-10,12,14,25H,11,13H2,1-2H3. The van der Waals surface area contributed by atoms with Crippen LogP contribution in [0, 0.1) is 13.8 Å². The van der Waals surface area contributed by atoms with Gasteiger partial charge in [-0.25, -0.2) is 8.42 Å². The van der Waals surface area contributed by atoms with Gasteiger partial charge < -0.3 is 0 Å². The number of aryl methyl sites for hydroxylation is 2. The van der Waals surface area contributed by atoms with Crippen LogP contribution in [-0.2, 0) is 16.4 Å². The van der Waals surface area contributed by atoms with E-state index < -0.39 is 15.9 Å². The monoisotopic (exact) mass is 435 g/mol. The SMILES string of the molecule is Cc1ccc(NS(=O)(=O)c2ccc(CCN3C(=O)c4cccnc4C3=O)cc2)cc1C. The number of carbonyl (C=O) groups excluding carboxylic acids is 2. The van der Waals surface area contributed by atoms with Gasteiger partial charge >= 0.3 is 0 Å². The first kappa shape index (κ1) is 20.7. The highest BCUT2D eigenvalue weighted by Gasteiger charge is 2.36. The minimum Gasteiger partial charge on any atom is -0.280 e. The van der Waals surface area contributed by atoms with Crippen LogP contribution < -0.4 is 4.72 Å². The molecule has 31 heavy (non-hydrogen) atoms. The molecule has 1 aliphatic heterocycles. The Morgan fingerprint density at radius 3 is 2.35 bits per heavy atom. The third-order valence-electron chi connectivity index (χ3n) is 5.35. The van der Waals surface area contributed by atoms with Crippen molar-refractivity contribution in [2.45, 2.75) is 25.2 Å². The fourth-order valence-electron chi connectivity index (χ4n) is 3.41. The summed E-state index contributed by atoms with van der Waals surface area (Å²) in [6.07, 6.45) is 1.90. The topological polar surface area (TPSA) is 96.4 Å². The lowest BCUT2D eigenvalue weighted by Crippen LogP contribution is -2.31. The molecule has 1 aromatic heterocycles. The molecule has 8 heteroatoms. The van der Waals surface area contributed by atoms with Crippen LogP contribution in [0.25, 0.3) is 0 Å². The Morgan fingerprint density at radius 2 is 1.68 bits per heavy atom. The van der Waals surface area contributed by atoms with Crippen molar-refractivity contribution in [3.05, 3.63) is 88.7 Å². The molecule has 0 spiro atoms. The summed E-state index contributed by atoms with van der Waals surface area (Å²) < 4.78 is 27.9. The summed E-state index contributed by atoms with van der Waals surface area (Å²) in [5.74, 6) is -0.762. The molecule has 158 valence electrons. The van der Waals surface area contributed by atoms with Crippen molar-refractivity contribution in [2.24, 2.45) is 0 Å². The lowest BCUT2D eigenvalue weighted by molar-refractivity contribution is 0.0654. The average molecular weight is 436 g/mol. The van der Waals surface area contributed by atoms with Crippen molar-refractivity contribution in [1.82, 2.24) is 9.88 Å². The van der Waals surface area contributed by atoms with E-state index in [1.165, 1.54) is 23.2 Å². The highest BCUT2D eigenvalue weighted by molar-refractivity contribution is 7.92. The molecule has 1 aliphatic rings. The highest BCUT2D eigenvalue weighted by Crippen LogP contribution is 2.22. The van der Waals surface area contributed by atoms with Crippen LogP contribution in [0.5, 0.6) is 0 Å². The number of hydrogen-bond acceptors (Lipinski definition) is 5. The predicted molar refractivity (Wildman–Crippen MR) is 116 cm³/mol. The number of nitrogens with zero attached hydrogens (tertiary/aromatic N) is 2. The maximum absolute atomic E-state index is 12.7. The zero-order chi connectivity index (χ0) is 22.2. The molecule has 1 N–H and O–H groups in total. The summed E-state index contributed by atoms with van der Waals surface area (Å²) in [4.78, 5) is 30.1. The Labute approximate surface area is 180 Å². The lowest BCUT2D eigenvalue weighted by Gasteiger charge is -2.14. The third-order valence-corrected chi connectivity index (χ3v) is 6.75. The quantitative estimate of drug-likeness (QED) is 0.599. The molecule has 2 amide bonds. The number of nitrogens with one attached hydrogen (secondary N) is 1. The van der Waals surface area contributed by atoms with Crippen LogP contribution in [0.1, 0.15) is 37.5 Å². The molecule has 4 rings (SSSR count). The number of hydrogen-bond donors (Lipinski definition) is 1. The van der Waals surface area contributed by atoms with Crippen LogP contribution in [0.3, 0.4) is 0 Å². The van der Waals surface area contributed by atoms with Gasteiger partial charge in [0.1, 0.15) is 5.69 Å². The van der Waals surface area contributed by atoms with E-state index in [1.807, 2.05) is 19.9 Å². The van der Waals surface area contributed by atoms with Crippen molar-refractivity contribution >= 4 is 27.5 Å². The Hall–Kier alpha value is -3.52. The van der Waals surface area contributed by atoms with E-state index in [4.69, 9.17) is 0 Å². The number of benzene rings is 2. The minimum absolute atomic E-state index is 0.138. The van der Waals surface area contributed by atoms with Gasteiger partial charge in [0.05, 0.1) is 10.5 Å². The smallest absolute Gasteiger partial charge is 0.280 e. The van der Waals surface area contributed by atoms with Crippen LogP contribution in [0.4, 0.5) is 5.69 Å². The van der Waals surface area contributed by atoms with Gasteiger partial charge in [-0.15, -0.1) is 0 Å². The number of carbonyl (C=O) groups is 2. The maximum Gasteiger partial charge on any atom is 0.280 e. The first-order valence-corrected chi connectivity index (χ1v) is 11.2. The normalized spacial score (nSPS) is 13.4. The molecule has 0 saturated carbocycles. The first-order valence-electron chi connectivity index (χ1n) is 9.76. The molecule has 0 aliphatic carbocycles. The van der Waals surface area contributed by atoms with E-state index in [0.717, 1.165) is 16.7 Å². The van der Waals surface area contributed by atoms with E-state index in [9.17, 15) is 18.0 Å². The van der Waals surface area contributed by atoms with E-state index in [2.05, 4.69) is 9.71 Å². The van der Waals surface area contributed by atoms with Crippen LogP contribution in [0.2, 0.25) is 0 Å². The third kappa shape index (κ3) is 4.06. The molecular formula is C23H21N3O4S. The molecule has 0 saturated heterocycles. The Kier molecular flexibility index (Phi) is 5.32. The second-order valence-electron chi connectivity index (χ2n) is 7.46. The van der Waals surface area contributed by atoms with Crippen molar-refractivity contribution in [3.63, 3.8) is 0 Å². The van der Waals surface area contributed by atoms with Gasteiger partial charge in [-0.1, -0.05) is 18.2 Å². The number of aromatic nitrogens is 1. The second kappa shape index (κ2) is 7.96. The molecule has 7 nitrogen and oxygen atoms in total. The van der Waals surface area contributed by atoms with Gasteiger partial charge in [-0.05, 0) is 73.4 Å². The number of anilines is 1.